The van der Waals surface area contributed by atoms with Crippen molar-refractivity contribution in [1.29, 1.82) is 0 Å². The lowest BCUT2D eigenvalue weighted by atomic mass is 10.3. The molecule has 0 saturated carbocycles. The predicted molar refractivity (Wildman–Crippen MR) is 44.4 cm³/mol. The molecule has 0 aliphatic heterocycles. The monoisotopic (exact) mass is 234 g/mol. The van der Waals surface area contributed by atoms with Crippen molar-refractivity contribution in [3.8, 4) is 0 Å². The van der Waals surface area contributed by atoms with Gasteiger partial charge in [0.1, 0.15) is 0 Å². The molecule has 1 heterocycles. The number of hydrogen-bond donors (Lipinski definition) is 1. The topological polar surface area (TPSA) is 54.4 Å². The van der Waals surface area contributed by atoms with Gasteiger partial charge in [0.15, 0.2) is 6.29 Å². The molecule has 3 nitrogen and oxygen atoms in total. The van der Waals surface area contributed by atoms with Crippen molar-refractivity contribution in [2.75, 3.05) is 0 Å². The Kier molecular flexibility index (Phi) is 2.41. The van der Waals surface area contributed by atoms with Gasteiger partial charge in [-0.2, -0.15) is 0 Å². The zero-order valence-corrected chi connectivity index (χ0v) is 7.61. The highest BCUT2D eigenvalue weighted by Gasteiger charge is 2.15. The Balaban J connectivity index is 3.28. The number of aromatic carboxylic acids is 1. The number of rotatable bonds is 2. The number of thiophene rings is 1. The molecular formula is C6H3BrO3S. The second kappa shape index (κ2) is 3.15. The first-order chi connectivity index (χ1) is 5.16. The summed E-state index contributed by atoms with van der Waals surface area (Å²) < 4.78 is 0.456. The Labute approximate surface area is 74.8 Å². The summed E-state index contributed by atoms with van der Waals surface area (Å²) in [6.45, 7) is 0. The van der Waals surface area contributed by atoms with Crippen LogP contribution in [-0.4, -0.2) is 17.4 Å². The molecule has 11 heavy (non-hydrogen) atoms. The molecule has 1 aromatic heterocycles. The predicted octanol–water partition coefficient (Wildman–Crippen LogP) is 2.02. The number of aldehydes is 1. The SMILES string of the molecule is O=Cc1scc(Br)c1C(=O)O. The fourth-order valence-electron chi connectivity index (χ4n) is 0.645. The number of carbonyl (C=O) groups is 2. The summed E-state index contributed by atoms with van der Waals surface area (Å²) in [5.74, 6) is -1.08. The third-order valence-electron chi connectivity index (χ3n) is 1.10. The fourth-order valence-corrected chi connectivity index (χ4v) is 2.16. The van der Waals surface area contributed by atoms with Gasteiger partial charge in [-0.05, 0) is 15.9 Å². The lowest BCUT2D eigenvalue weighted by molar-refractivity contribution is 0.0694. The zero-order chi connectivity index (χ0) is 8.43. The standard InChI is InChI=1S/C6H3BrO3S/c7-3-2-11-4(1-8)5(3)6(9)10/h1-2H,(H,9,10). The first-order valence-electron chi connectivity index (χ1n) is 2.62. The van der Waals surface area contributed by atoms with Crippen LogP contribution in [0.4, 0.5) is 0 Å². The molecule has 5 heteroatoms. The summed E-state index contributed by atoms with van der Waals surface area (Å²) in [5, 5.41) is 10.2. The minimum absolute atomic E-state index is 0.0463. The average molecular weight is 235 g/mol. The molecule has 0 aliphatic rings. The van der Waals surface area contributed by atoms with Crippen molar-refractivity contribution in [2.45, 2.75) is 0 Å². The van der Waals surface area contributed by atoms with E-state index < -0.39 is 5.97 Å². The molecule has 0 aliphatic carbocycles. The second-order valence-electron chi connectivity index (χ2n) is 1.75. The van der Waals surface area contributed by atoms with Gasteiger partial charge in [-0.1, -0.05) is 0 Å². The third kappa shape index (κ3) is 1.49. The Morgan fingerprint density at radius 2 is 2.36 bits per heavy atom. The van der Waals surface area contributed by atoms with Gasteiger partial charge in [0.05, 0.1) is 10.4 Å². The van der Waals surface area contributed by atoms with Gasteiger partial charge >= 0.3 is 5.97 Å². The van der Waals surface area contributed by atoms with Gasteiger partial charge in [-0.25, -0.2) is 4.79 Å². The molecule has 0 fully saturated rings. The third-order valence-corrected chi connectivity index (χ3v) is 2.93. The van der Waals surface area contributed by atoms with E-state index in [4.69, 9.17) is 5.11 Å². The summed E-state index contributed by atoms with van der Waals surface area (Å²) in [6, 6.07) is 0. The largest absolute Gasteiger partial charge is 0.478 e. The van der Waals surface area contributed by atoms with Crippen molar-refractivity contribution in [2.24, 2.45) is 0 Å². The van der Waals surface area contributed by atoms with Crippen LogP contribution in [0, 0.1) is 0 Å². The van der Waals surface area contributed by atoms with Crippen LogP contribution in [0.25, 0.3) is 0 Å². The molecule has 0 atom stereocenters. The number of halogens is 1. The quantitative estimate of drug-likeness (QED) is 0.797. The molecule has 0 amide bonds. The number of hydrogen-bond acceptors (Lipinski definition) is 3. The molecule has 0 radical (unpaired) electrons. The van der Waals surface area contributed by atoms with E-state index in [0.29, 0.717) is 10.8 Å². The summed E-state index contributed by atoms with van der Waals surface area (Å²) in [5.41, 5.74) is 0.0463. The van der Waals surface area contributed by atoms with Crippen LogP contribution >= 0.6 is 27.3 Å². The maximum atomic E-state index is 10.5. The highest BCUT2D eigenvalue weighted by molar-refractivity contribution is 9.10. The van der Waals surface area contributed by atoms with Crippen LogP contribution in [0.2, 0.25) is 0 Å². The molecule has 0 aromatic carbocycles. The number of carboxylic acid groups (broad SMARTS) is 1. The Morgan fingerprint density at radius 1 is 1.73 bits per heavy atom. The lowest BCUT2D eigenvalue weighted by Gasteiger charge is -1.89. The zero-order valence-electron chi connectivity index (χ0n) is 5.20. The fraction of sp³-hybridized carbons (Fsp3) is 0. The normalized spacial score (nSPS) is 9.55. The summed E-state index contributed by atoms with van der Waals surface area (Å²) in [6.07, 6.45) is 0.541. The first kappa shape index (κ1) is 8.42. The van der Waals surface area contributed by atoms with Gasteiger partial charge in [0.2, 0.25) is 0 Å². The molecule has 1 rings (SSSR count). The van der Waals surface area contributed by atoms with E-state index in [1.165, 1.54) is 0 Å². The van der Waals surface area contributed by atoms with E-state index >= 15 is 0 Å². The van der Waals surface area contributed by atoms with Gasteiger partial charge in [-0.3, -0.25) is 4.79 Å². The molecule has 1 N–H and O–H groups in total. The smallest absolute Gasteiger partial charge is 0.338 e. The van der Waals surface area contributed by atoms with Crippen LogP contribution in [0.5, 0.6) is 0 Å². The van der Waals surface area contributed by atoms with Gasteiger partial charge in [0.25, 0.3) is 0 Å². The van der Waals surface area contributed by atoms with Crippen molar-refractivity contribution in [1.82, 2.24) is 0 Å². The van der Waals surface area contributed by atoms with E-state index in [9.17, 15) is 9.59 Å². The highest BCUT2D eigenvalue weighted by Crippen LogP contribution is 2.25. The second-order valence-corrected chi connectivity index (χ2v) is 3.51. The maximum Gasteiger partial charge on any atom is 0.338 e. The van der Waals surface area contributed by atoms with E-state index in [1.54, 1.807) is 5.38 Å². The molecule has 0 bridgehead atoms. The lowest BCUT2D eigenvalue weighted by Crippen LogP contribution is -1.98. The Hall–Kier alpha value is -0.680. The molecule has 1 aromatic rings. The van der Waals surface area contributed by atoms with Crippen molar-refractivity contribution < 1.29 is 14.7 Å². The Bertz CT molecular complexity index is 305. The van der Waals surface area contributed by atoms with E-state index in [2.05, 4.69) is 15.9 Å². The van der Waals surface area contributed by atoms with Gasteiger partial charge < -0.3 is 5.11 Å². The summed E-state index contributed by atoms with van der Waals surface area (Å²) in [7, 11) is 0. The first-order valence-corrected chi connectivity index (χ1v) is 4.29. The number of carbonyl (C=O) groups excluding carboxylic acids is 1. The summed E-state index contributed by atoms with van der Waals surface area (Å²) >= 11 is 4.14. The van der Waals surface area contributed by atoms with E-state index in [0.717, 1.165) is 11.3 Å². The van der Waals surface area contributed by atoms with Gasteiger partial charge in [0, 0.05) is 9.85 Å². The van der Waals surface area contributed by atoms with Crippen LogP contribution in [0.15, 0.2) is 9.85 Å². The maximum absolute atomic E-state index is 10.5. The number of carboxylic acids is 1. The van der Waals surface area contributed by atoms with Crippen LogP contribution in [0.3, 0.4) is 0 Å². The molecule has 58 valence electrons. The summed E-state index contributed by atoms with van der Waals surface area (Å²) in [4.78, 5) is 21.0. The van der Waals surface area contributed by atoms with Crippen molar-refractivity contribution in [3.63, 3.8) is 0 Å². The van der Waals surface area contributed by atoms with Crippen LogP contribution in [-0.2, 0) is 0 Å². The molecule has 0 saturated heterocycles. The molecule has 0 unspecified atom stereocenters. The van der Waals surface area contributed by atoms with Crippen molar-refractivity contribution >= 4 is 39.5 Å². The average Bonchev–Trinajstić information content (AvgIpc) is 2.30. The van der Waals surface area contributed by atoms with Crippen LogP contribution in [0.1, 0.15) is 20.0 Å². The van der Waals surface area contributed by atoms with Crippen LogP contribution < -0.4 is 0 Å². The van der Waals surface area contributed by atoms with Gasteiger partial charge in [-0.15, -0.1) is 11.3 Å². The van der Waals surface area contributed by atoms with E-state index in [-0.39, 0.29) is 10.4 Å². The Morgan fingerprint density at radius 3 is 2.73 bits per heavy atom. The van der Waals surface area contributed by atoms with Crippen molar-refractivity contribution in [3.05, 3.63) is 20.3 Å². The minimum Gasteiger partial charge on any atom is -0.478 e. The molecular weight excluding hydrogens is 232 g/mol. The minimum atomic E-state index is -1.08. The highest BCUT2D eigenvalue weighted by atomic mass is 79.9. The van der Waals surface area contributed by atoms with E-state index in [1.807, 2.05) is 0 Å². The molecule has 0 spiro atoms.